The Kier molecular flexibility index (Phi) is 5.54. The molecule has 0 unspecified atom stereocenters. The van der Waals surface area contributed by atoms with Gasteiger partial charge in [0.15, 0.2) is 11.5 Å². The monoisotopic (exact) mass is 439 g/mol. The summed E-state index contributed by atoms with van der Waals surface area (Å²) in [5, 5.41) is 20.8. The van der Waals surface area contributed by atoms with Crippen molar-refractivity contribution in [2.75, 3.05) is 20.2 Å². The lowest BCUT2D eigenvalue weighted by Gasteiger charge is -2.65. The first-order valence-corrected chi connectivity index (χ1v) is 11.8. The van der Waals surface area contributed by atoms with Crippen LogP contribution in [-0.2, 0) is 9.53 Å². The number of nitrogens with zero attached hydrogens (tertiary/aromatic N) is 1. The number of hydrogen-bond donors (Lipinski definition) is 2. The van der Waals surface area contributed by atoms with E-state index in [-0.39, 0.29) is 47.2 Å². The zero-order chi connectivity index (χ0) is 22.5. The minimum Gasteiger partial charge on any atom is -0.504 e. The van der Waals surface area contributed by atoms with E-state index in [1.807, 2.05) is 0 Å². The lowest BCUT2D eigenvalue weighted by atomic mass is 9.51. The molecule has 4 aliphatic rings. The van der Waals surface area contributed by atoms with Crippen molar-refractivity contribution in [1.29, 1.82) is 0 Å². The highest BCUT2D eigenvalue weighted by Gasteiger charge is 2.62. The maximum absolute atomic E-state index is 12.8. The van der Waals surface area contributed by atoms with Gasteiger partial charge < -0.3 is 19.7 Å². The van der Waals surface area contributed by atoms with Gasteiger partial charge in [-0.1, -0.05) is 19.1 Å². The molecule has 5 rings (SSSR count). The normalized spacial score (nSPS) is 36.3. The number of benzene rings is 1. The number of esters is 1. The van der Waals surface area contributed by atoms with Crippen LogP contribution in [0.3, 0.4) is 0 Å². The molecule has 32 heavy (non-hydrogen) atoms. The molecule has 2 bridgehead atoms. The minimum absolute atomic E-state index is 0.0585. The van der Waals surface area contributed by atoms with Crippen molar-refractivity contribution in [3.63, 3.8) is 0 Å². The van der Waals surface area contributed by atoms with Gasteiger partial charge in [-0.15, -0.1) is 0 Å². The molecule has 6 atom stereocenters. The predicted octanol–water partition coefficient (Wildman–Crippen LogP) is 3.53. The van der Waals surface area contributed by atoms with Crippen LogP contribution in [-0.4, -0.2) is 59.0 Å². The third kappa shape index (κ3) is 3.35. The van der Waals surface area contributed by atoms with Crippen LogP contribution in [0.15, 0.2) is 35.9 Å². The number of phenols is 1. The largest absolute Gasteiger partial charge is 0.504 e. The number of aromatic hydroxyl groups is 1. The third-order valence-corrected chi connectivity index (χ3v) is 8.23. The quantitative estimate of drug-likeness (QED) is 0.425. The summed E-state index contributed by atoms with van der Waals surface area (Å²) in [5.41, 5.74) is 2.11. The molecule has 2 saturated carbocycles. The summed E-state index contributed by atoms with van der Waals surface area (Å²) >= 11 is 0. The fourth-order valence-electron chi connectivity index (χ4n) is 6.95. The Morgan fingerprint density at radius 3 is 2.97 bits per heavy atom. The van der Waals surface area contributed by atoms with Gasteiger partial charge in [0.1, 0.15) is 6.10 Å². The molecule has 2 N–H and O–H groups in total. The van der Waals surface area contributed by atoms with E-state index < -0.39 is 0 Å². The summed E-state index contributed by atoms with van der Waals surface area (Å²) in [6.07, 6.45) is 9.81. The van der Waals surface area contributed by atoms with Crippen molar-refractivity contribution in [2.45, 2.75) is 56.8 Å². The number of carbonyl (C=O) groups excluding carboxylic acids is 1. The van der Waals surface area contributed by atoms with E-state index in [4.69, 9.17) is 9.47 Å². The molecule has 3 fully saturated rings. The molecule has 2 aliphatic carbocycles. The number of hydrogen-bond acceptors (Lipinski definition) is 6. The van der Waals surface area contributed by atoms with Crippen LogP contribution in [0.2, 0.25) is 0 Å². The Morgan fingerprint density at radius 1 is 1.31 bits per heavy atom. The summed E-state index contributed by atoms with van der Waals surface area (Å²) < 4.78 is 11.2. The summed E-state index contributed by atoms with van der Waals surface area (Å²) in [7, 11) is 1.49. The zero-order valence-corrected chi connectivity index (χ0v) is 18.9. The summed E-state index contributed by atoms with van der Waals surface area (Å²) in [5.74, 6) is 0.658. The van der Waals surface area contributed by atoms with Gasteiger partial charge in [0.05, 0.1) is 13.2 Å². The van der Waals surface area contributed by atoms with Gasteiger partial charge in [0.25, 0.3) is 0 Å². The Hall–Kier alpha value is -2.31. The second-order valence-electron chi connectivity index (χ2n) is 9.86. The Balaban J connectivity index is 1.38. The Labute approximate surface area is 189 Å². The molecule has 2 aliphatic heterocycles. The van der Waals surface area contributed by atoms with Crippen LogP contribution in [0.1, 0.15) is 44.6 Å². The summed E-state index contributed by atoms with van der Waals surface area (Å²) in [4.78, 5) is 15.4. The van der Waals surface area contributed by atoms with Gasteiger partial charge in [-0.3, -0.25) is 4.90 Å². The highest BCUT2D eigenvalue weighted by molar-refractivity contribution is 5.87. The van der Waals surface area contributed by atoms with E-state index in [9.17, 15) is 15.0 Å². The molecule has 1 aromatic carbocycles. The maximum atomic E-state index is 12.8. The van der Waals surface area contributed by atoms with Gasteiger partial charge in [-0.25, -0.2) is 4.79 Å². The Morgan fingerprint density at radius 2 is 2.16 bits per heavy atom. The number of aliphatic hydroxyl groups excluding tert-OH is 1. The average molecular weight is 440 g/mol. The van der Waals surface area contributed by atoms with E-state index in [0.29, 0.717) is 12.2 Å². The van der Waals surface area contributed by atoms with E-state index in [0.717, 1.165) is 44.3 Å². The number of methoxy groups -OCH3 is 1. The molecule has 0 aromatic heterocycles. The van der Waals surface area contributed by atoms with Crippen LogP contribution in [0.4, 0.5) is 0 Å². The van der Waals surface area contributed by atoms with Crippen molar-refractivity contribution >= 4 is 12.0 Å². The van der Waals surface area contributed by atoms with Gasteiger partial charge in [0.2, 0.25) is 0 Å². The molecule has 0 amide bonds. The molecule has 1 aromatic rings. The molecule has 172 valence electrons. The third-order valence-electron chi connectivity index (χ3n) is 8.23. The van der Waals surface area contributed by atoms with E-state index >= 15 is 0 Å². The lowest BCUT2D eigenvalue weighted by molar-refractivity contribution is -0.171. The van der Waals surface area contributed by atoms with Crippen molar-refractivity contribution < 1.29 is 24.5 Å². The van der Waals surface area contributed by atoms with Crippen molar-refractivity contribution in [3.05, 3.63) is 41.5 Å². The van der Waals surface area contributed by atoms with Crippen LogP contribution >= 0.6 is 0 Å². The molecule has 1 saturated heterocycles. The number of ether oxygens (including phenoxy) is 2. The molecule has 1 spiro atoms. The standard InChI is InChI=1S/C26H33NO5/c1-16-15-26-19-5-3-11-27(26)12-4-6-20(26)22(14-18(19)25(16)30)32-24(29)10-8-17-7-9-21(28)23(13-17)31-2/h5,7-10,13,16,18,20,22,25,28,30H,3-4,6,11-12,14-15H2,1-2H3/b10-8+/t16-,18-,20+,22+,25+,26+/m0/s1. The minimum atomic E-state index is -0.379. The zero-order valence-electron chi connectivity index (χ0n) is 18.9. The Bertz CT molecular complexity index is 956. The molecular weight excluding hydrogens is 406 g/mol. The predicted molar refractivity (Wildman–Crippen MR) is 121 cm³/mol. The first kappa shape index (κ1) is 21.5. The van der Waals surface area contributed by atoms with Gasteiger partial charge in [-0.2, -0.15) is 0 Å². The van der Waals surface area contributed by atoms with E-state index in [2.05, 4.69) is 17.9 Å². The van der Waals surface area contributed by atoms with Crippen LogP contribution < -0.4 is 4.74 Å². The molecule has 2 heterocycles. The fourth-order valence-corrected chi connectivity index (χ4v) is 6.95. The first-order chi connectivity index (χ1) is 15.4. The van der Waals surface area contributed by atoms with Crippen LogP contribution in [0.25, 0.3) is 6.08 Å². The second kappa shape index (κ2) is 8.23. The van der Waals surface area contributed by atoms with Gasteiger partial charge in [0, 0.05) is 30.0 Å². The maximum Gasteiger partial charge on any atom is 0.331 e. The van der Waals surface area contributed by atoms with Crippen molar-refractivity contribution in [3.8, 4) is 11.5 Å². The van der Waals surface area contributed by atoms with Gasteiger partial charge in [-0.05, 0) is 73.9 Å². The smallest absolute Gasteiger partial charge is 0.331 e. The topological polar surface area (TPSA) is 79.2 Å². The van der Waals surface area contributed by atoms with E-state index in [1.54, 1.807) is 24.3 Å². The van der Waals surface area contributed by atoms with Crippen molar-refractivity contribution in [2.24, 2.45) is 17.8 Å². The van der Waals surface area contributed by atoms with E-state index in [1.165, 1.54) is 18.8 Å². The molecule has 6 heteroatoms. The number of rotatable bonds is 4. The number of aliphatic hydroxyl groups is 1. The molecule has 6 nitrogen and oxygen atoms in total. The fraction of sp³-hybridized carbons (Fsp3) is 0.577. The average Bonchev–Trinajstić information content (AvgIpc) is 2.79. The second-order valence-corrected chi connectivity index (χ2v) is 9.86. The summed E-state index contributed by atoms with van der Waals surface area (Å²) in [6, 6.07) is 4.95. The number of phenolic OH excluding ortho intramolecular Hbond substituents is 1. The number of piperidine rings is 1. The summed E-state index contributed by atoms with van der Waals surface area (Å²) in [6.45, 7) is 4.31. The highest BCUT2D eigenvalue weighted by Crippen LogP contribution is 2.59. The lowest BCUT2D eigenvalue weighted by Crippen LogP contribution is -2.70. The van der Waals surface area contributed by atoms with Crippen LogP contribution in [0.5, 0.6) is 11.5 Å². The molecular formula is C26H33NO5. The molecule has 0 radical (unpaired) electrons. The first-order valence-electron chi connectivity index (χ1n) is 11.8. The number of carbonyl (C=O) groups is 1. The van der Waals surface area contributed by atoms with Crippen molar-refractivity contribution in [1.82, 2.24) is 4.90 Å². The SMILES string of the molecule is COc1cc(/C=C/C(=O)O[C@@H]2C[C@H]3C4=CCCN5CCC[C@H]2[C@@]45C[C@H](C)[C@H]3O)ccc1O. The van der Waals surface area contributed by atoms with Crippen LogP contribution in [0, 0.1) is 17.8 Å². The highest BCUT2D eigenvalue weighted by atomic mass is 16.5. The van der Waals surface area contributed by atoms with Gasteiger partial charge >= 0.3 is 5.97 Å².